The lowest BCUT2D eigenvalue weighted by atomic mass is 9.95. The number of aliphatic carboxylic acids is 1. The number of hydrogen-bond acceptors (Lipinski definition) is 2. The van der Waals surface area contributed by atoms with Gasteiger partial charge in [0.2, 0.25) is 0 Å². The zero-order valence-electron chi connectivity index (χ0n) is 8.23. The molecule has 0 radical (unpaired) electrons. The van der Waals surface area contributed by atoms with E-state index in [4.69, 9.17) is 10.8 Å². The van der Waals surface area contributed by atoms with Gasteiger partial charge in [0.1, 0.15) is 5.54 Å². The second-order valence-electron chi connectivity index (χ2n) is 3.71. The predicted octanol–water partition coefficient (Wildman–Crippen LogP) is 1.42. The number of carboxylic acid groups (broad SMARTS) is 1. The number of benzene rings is 1. The maximum absolute atomic E-state index is 10.7. The van der Waals surface area contributed by atoms with Crippen molar-refractivity contribution in [2.24, 2.45) is 5.73 Å². The Balaban J connectivity index is 2.53. The van der Waals surface area contributed by atoms with E-state index in [1.54, 1.807) is 0 Å². The van der Waals surface area contributed by atoms with Gasteiger partial charge in [0.25, 0.3) is 0 Å². The van der Waals surface area contributed by atoms with Crippen LogP contribution in [0.2, 0.25) is 0 Å². The average Bonchev–Trinajstić information content (AvgIpc) is 2.16. The van der Waals surface area contributed by atoms with Crippen molar-refractivity contribution < 1.29 is 9.90 Å². The fourth-order valence-corrected chi connectivity index (χ4v) is 1.16. The molecule has 0 saturated heterocycles. The summed E-state index contributed by atoms with van der Waals surface area (Å²) in [6, 6.07) is 9.74. The highest BCUT2D eigenvalue weighted by Crippen LogP contribution is 2.11. The zero-order valence-corrected chi connectivity index (χ0v) is 8.23. The Morgan fingerprint density at radius 2 is 2.00 bits per heavy atom. The maximum atomic E-state index is 10.7. The number of carbonyl (C=O) groups is 1. The number of rotatable bonds is 4. The summed E-state index contributed by atoms with van der Waals surface area (Å²) in [5.74, 6) is -0.951. The van der Waals surface area contributed by atoms with Gasteiger partial charge in [-0.05, 0) is 25.3 Å². The van der Waals surface area contributed by atoms with Crippen molar-refractivity contribution in [2.75, 3.05) is 0 Å². The average molecular weight is 193 g/mol. The minimum atomic E-state index is -1.13. The third kappa shape index (κ3) is 2.85. The summed E-state index contributed by atoms with van der Waals surface area (Å²) in [7, 11) is 0. The molecule has 1 unspecified atom stereocenters. The molecular weight excluding hydrogens is 178 g/mol. The van der Waals surface area contributed by atoms with Gasteiger partial charge in [-0.2, -0.15) is 0 Å². The Morgan fingerprint density at radius 1 is 1.43 bits per heavy atom. The van der Waals surface area contributed by atoms with Gasteiger partial charge in [-0.1, -0.05) is 30.3 Å². The largest absolute Gasteiger partial charge is 0.480 e. The molecule has 0 aliphatic carbocycles. The molecule has 0 heterocycles. The van der Waals surface area contributed by atoms with Gasteiger partial charge in [0.15, 0.2) is 0 Å². The van der Waals surface area contributed by atoms with Gasteiger partial charge in [0, 0.05) is 0 Å². The molecule has 14 heavy (non-hydrogen) atoms. The molecule has 0 aromatic heterocycles. The van der Waals surface area contributed by atoms with Crippen LogP contribution in [0.4, 0.5) is 0 Å². The van der Waals surface area contributed by atoms with Crippen LogP contribution in [-0.2, 0) is 11.2 Å². The van der Waals surface area contributed by atoms with Crippen molar-refractivity contribution in [3.8, 4) is 0 Å². The van der Waals surface area contributed by atoms with Crippen molar-refractivity contribution in [1.82, 2.24) is 0 Å². The minimum Gasteiger partial charge on any atom is -0.480 e. The Hall–Kier alpha value is -1.35. The molecule has 76 valence electrons. The first-order valence-corrected chi connectivity index (χ1v) is 4.58. The quantitative estimate of drug-likeness (QED) is 0.760. The molecule has 0 saturated carbocycles. The standard InChI is InChI=1S/C11H15NO2/c1-11(12,10(13)14)8-7-9-5-3-2-4-6-9/h2-6H,7-8,12H2,1H3,(H,13,14). The summed E-state index contributed by atoms with van der Waals surface area (Å²) >= 11 is 0. The molecule has 0 bridgehead atoms. The first-order chi connectivity index (χ1) is 6.52. The van der Waals surface area contributed by atoms with Crippen molar-refractivity contribution >= 4 is 5.97 Å². The van der Waals surface area contributed by atoms with Gasteiger partial charge in [-0.3, -0.25) is 4.79 Å². The van der Waals surface area contributed by atoms with Crippen molar-refractivity contribution in [3.63, 3.8) is 0 Å². The molecule has 0 fully saturated rings. The van der Waals surface area contributed by atoms with Gasteiger partial charge < -0.3 is 10.8 Å². The SMILES string of the molecule is CC(N)(CCc1ccccc1)C(=O)O. The smallest absolute Gasteiger partial charge is 0.323 e. The number of carboxylic acids is 1. The van der Waals surface area contributed by atoms with Gasteiger partial charge in [-0.25, -0.2) is 0 Å². The lowest BCUT2D eigenvalue weighted by Gasteiger charge is -2.18. The maximum Gasteiger partial charge on any atom is 0.323 e. The van der Waals surface area contributed by atoms with Crippen LogP contribution in [0, 0.1) is 0 Å². The minimum absolute atomic E-state index is 0.451. The van der Waals surface area contributed by atoms with E-state index >= 15 is 0 Å². The second kappa shape index (κ2) is 4.24. The van der Waals surface area contributed by atoms with Crippen molar-refractivity contribution in [2.45, 2.75) is 25.3 Å². The van der Waals surface area contributed by atoms with Crippen LogP contribution in [0.5, 0.6) is 0 Å². The van der Waals surface area contributed by atoms with E-state index in [1.165, 1.54) is 6.92 Å². The summed E-state index contributed by atoms with van der Waals surface area (Å²) in [6.07, 6.45) is 1.15. The Bertz CT molecular complexity index is 306. The number of nitrogens with two attached hydrogens (primary N) is 1. The predicted molar refractivity (Wildman–Crippen MR) is 55.0 cm³/mol. The monoisotopic (exact) mass is 193 g/mol. The molecule has 0 amide bonds. The molecule has 3 nitrogen and oxygen atoms in total. The highest BCUT2D eigenvalue weighted by Gasteiger charge is 2.26. The van der Waals surface area contributed by atoms with Crippen molar-refractivity contribution in [1.29, 1.82) is 0 Å². The normalized spacial score (nSPS) is 14.7. The molecule has 3 heteroatoms. The molecule has 0 aliphatic heterocycles. The highest BCUT2D eigenvalue weighted by atomic mass is 16.4. The summed E-state index contributed by atoms with van der Waals surface area (Å²) in [4.78, 5) is 10.7. The second-order valence-corrected chi connectivity index (χ2v) is 3.71. The van der Waals surface area contributed by atoms with E-state index in [1.807, 2.05) is 30.3 Å². The van der Waals surface area contributed by atoms with Crippen LogP contribution >= 0.6 is 0 Å². The van der Waals surface area contributed by atoms with E-state index in [0.717, 1.165) is 5.56 Å². The molecular formula is C11H15NO2. The van der Waals surface area contributed by atoms with E-state index in [2.05, 4.69) is 0 Å². The summed E-state index contributed by atoms with van der Waals surface area (Å²) in [6.45, 7) is 1.54. The number of hydrogen-bond donors (Lipinski definition) is 2. The lowest BCUT2D eigenvalue weighted by Crippen LogP contribution is -2.45. The number of aryl methyl sites for hydroxylation is 1. The summed E-state index contributed by atoms with van der Waals surface area (Å²) in [5.41, 5.74) is 5.59. The topological polar surface area (TPSA) is 63.3 Å². The Kier molecular flexibility index (Phi) is 3.25. The van der Waals surface area contributed by atoms with Gasteiger partial charge >= 0.3 is 5.97 Å². The molecule has 1 atom stereocenters. The third-order valence-electron chi connectivity index (χ3n) is 2.26. The summed E-state index contributed by atoms with van der Waals surface area (Å²) < 4.78 is 0. The van der Waals surface area contributed by atoms with E-state index in [-0.39, 0.29) is 0 Å². The van der Waals surface area contributed by atoms with Crippen LogP contribution in [0.15, 0.2) is 30.3 Å². The first-order valence-electron chi connectivity index (χ1n) is 4.58. The van der Waals surface area contributed by atoms with E-state index < -0.39 is 11.5 Å². The zero-order chi connectivity index (χ0) is 10.6. The molecule has 1 rings (SSSR count). The molecule has 1 aromatic rings. The molecule has 0 spiro atoms. The Morgan fingerprint density at radius 3 is 2.50 bits per heavy atom. The van der Waals surface area contributed by atoms with E-state index in [0.29, 0.717) is 12.8 Å². The van der Waals surface area contributed by atoms with Crippen LogP contribution < -0.4 is 5.73 Å². The van der Waals surface area contributed by atoms with Crippen LogP contribution in [0.1, 0.15) is 18.9 Å². The summed E-state index contributed by atoms with van der Waals surface area (Å²) in [5, 5.41) is 8.79. The fraction of sp³-hybridized carbons (Fsp3) is 0.364. The first kappa shape index (κ1) is 10.7. The van der Waals surface area contributed by atoms with Gasteiger partial charge in [-0.15, -0.1) is 0 Å². The molecule has 3 N–H and O–H groups in total. The highest BCUT2D eigenvalue weighted by molar-refractivity contribution is 5.77. The Labute approximate surface area is 83.6 Å². The van der Waals surface area contributed by atoms with E-state index in [9.17, 15) is 4.79 Å². The molecule has 0 aliphatic rings. The van der Waals surface area contributed by atoms with Gasteiger partial charge in [0.05, 0.1) is 0 Å². The van der Waals surface area contributed by atoms with Crippen molar-refractivity contribution in [3.05, 3.63) is 35.9 Å². The van der Waals surface area contributed by atoms with Crippen LogP contribution in [0.25, 0.3) is 0 Å². The fourth-order valence-electron chi connectivity index (χ4n) is 1.16. The van der Waals surface area contributed by atoms with Crippen LogP contribution in [-0.4, -0.2) is 16.6 Å². The van der Waals surface area contributed by atoms with Crippen LogP contribution in [0.3, 0.4) is 0 Å². The molecule has 1 aromatic carbocycles. The third-order valence-corrected chi connectivity index (χ3v) is 2.26. The lowest BCUT2D eigenvalue weighted by molar-refractivity contribution is -0.142.